The lowest BCUT2D eigenvalue weighted by Gasteiger charge is -2.06. The van der Waals surface area contributed by atoms with Crippen LogP contribution in [0.15, 0.2) is 48.0 Å². The molecule has 0 aliphatic heterocycles. The monoisotopic (exact) mass is 330 g/mol. The maximum Gasteiger partial charge on any atom is 0.243 e. The average molecular weight is 330 g/mol. The number of hydrogen-bond acceptors (Lipinski definition) is 6. The standard InChI is InChI=1S/C15H15FN6S/c1-22-8-6-18-15(22)23-9-7-17-14-20-13(10-19-21-14)11-4-2-3-5-12(11)16/h2-6,8,10H,7,9H2,1H3,(H,17,20,21). The molecule has 6 nitrogen and oxygen atoms in total. The van der Waals surface area contributed by atoms with Gasteiger partial charge in [0.1, 0.15) is 5.82 Å². The molecule has 2 heterocycles. The van der Waals surface area contributed by atoms with Crippen LogP contribution in [0.2, 0.25) is 0 Å². The van der Waals surface area contributed by atoms with E-state index in [1.54, 1.807) is 36.2 Å². The minimum atomic E-state index is -0.329. The number of imidazole rings is 1. The first kappa shape index (κ1) is 15.4. The summed E-state index contributed by atoms with van der Waals surface area (Å²) in [5.74, 6) is 0.855. The first-order chi connectivity index (χ1) is 11.2. The molecule has 0 saturated carbocycles. The van der Waals surface area contributed by atoms with E-state index in [4.69, 9.17) is 0 Å². The minimum Gasteiger partial charge on any atom is -0.352 e. The maximum absolute atomic E-state index is 13.8. The Morgan fingerprint density at radius 1 is 1.30 bits per heavy atom. The number of thioether (sulfide) groups is 1. The summed E-state index contributed by atoms with van der Waals surface area (Å²) >= 11 is 1.63. The molecule has 0 aliphatic rings. The van der Waals surface area contributed by atoms with Gasteiger partial charge in [0.05, 0.1) is 11.9 Å². The molecule has 0 atom stereocenters. The van der Waals surface area contributed by atoms with Crippen molar-refractivity contribution in [3.63, 3.8) is 0 Å². The van der Waals surface area contributed by atoms with Crippen LogP contribution in [0.1, 0.15) is 0 Å². The molecule has 2 aromatic heterocycles. The molecule has 0 aliphatic carbocycles. The Morgan fingerprint density at radius 2 is 2.17 bits per heavy atom. The number of aryl methyl sites for hydroxylation is 1. The number of halogens is 1. The molecule has 0 amide bonds. The van der Waals surface area contributed by atoms with Crippen molar-refractivity contribution in [2.75, 3.05) is 17.6 Å². The summed E-state index contributed by atoms with van der Waals surface area (Å²) in [6.45, 7) is 0.653. The first-order valence-corrected chi connectivity index (χ1v) is 8.01. The quantitative estimate of drug-likeness (QED) is 0.553. The largest absolute Gasteiger partial charge is 0.352 e. The van der Waals surface area contributed by atoms with Crippen molar-refractivity contribution in [1.29, 1.82) is 0 Å². The summed E-state index contributed by atoms with van der Waals surface area (Å²) in [5.41, 5.74) is 0.866. The van der Waals surface area contributed by atoms with Crippen LogP contribution in [0.4, 0.5) is 10.3 Å². The Kier molecular flexibility index (Phi) is 4.82. The third-order valence-corrected chi connectivity index (χ3v) is 4.16. The minimum absolute atomic E-state index is 0.329. The molecular weight excluding hydrogens is 315 g/mol. The van der Waals surface area contributed by atoms with Crippen molar-refractivity contribution in [2.24, 2.45) is 7.05 Å². The molecule has 23 heavy (non-hydrogen) atoms. The van der Waals surface area contributed by atoms with E-state index in [1.165, 1.54) is 12.3 Å². The van der Waals surface area contributed by atoms with Crippen molar-refractivity contribution < 1.29 is 4.39 Å². The molecule has 3 rings (SSSR count). The Hall–Kier alpha value is -2.48. The second kappa shape index (κ2) is 7.19. The van der Waals surface area contributed by atoms with Gasteiger partial charge in [0, 0.05) is 37.3 Å². The Labute approximate surface area is 137 Å². The number of anilines is 1. The number of rotatable bonds is 6. The summed E-state index contributed by atoms with van der Waals surface area (Å²) in [6.07, 6.45) is 5.12. The van der Waals surface area contributed by atoms with Crippen LogP contribution in [0.25, 0.3) is 11.3 Å². The zero-order valence-electron chi connectivity index (χ0n) is 12.5. The highest BCUT2D eigenvalue weighted by Gasteiger charge is 2.08. The van der Waals surface area contributed by atoms with Gasteiger partial charge in [-0.15, -0.1) is 5.10 Å². The van der Waals surface area contributed by atoms with E-state index in [9.17, 15) is 4.39 Å². The second-order valence-corrected chi connectivity index (χ2v) is 5.80. The van der Waals surface area contributed by atoms with Crippen molar-refractivity contribution in [1.82, 2.24) is 24.7 Å². The lowest BCUT2D eigenvalue weighted by molar-refractivity contribution is 0.630. The molecule has 0 fully saturated rings. The molecule has 118 valence electrons. The summed E-state index contributed by atoms with van der Waals surface area (Å²) in [4.78, 5) is 8.54. The van der Waals surface area contributed by atoms with Crippen LogP contribution in [0.3, 0.4) is 0 Å². The first-order valence-electron chi connectivity index (χ1n) is 7.02. The fraction of sp³-hybridized carbons (Fsp3) is 0.200. The molecule has 0 saturated heterocycles. The van der Waals surface area contributed by atoms with Gasteiger partial charge in [0.2, 0.25) is 5.95 Å². The molecule has 1 N–H and O–H groups in total. The topological polar surface area (TPSA) is 68.5 Å². The number of benzene rings is 1. The van der Waals surface area contributed by atoms with Crippen LogP contribution < -0.4 is 5.32 Å². The van der Waals surface area contributed by atoms with E-state index in [0.29, 0.717) is 23.8 Å². The third-order valence-electron chi connectivity index (χ3n) is 3.10. The zero-order chi connectivity index (χ0) is 16.1. The molecular formula is C15H15FN6S. The fourth-order valence-corrected chi connectivity index (χ4v) is 2.76. The van der Waals surface area contributed by atoms with Crippen LogP contribution in [0, 0.1) is 5.82 Å². The highest BCUT2D eigenvalue weighted by atomic mass is 32.2. The van der Waals surface area contributed by atoms with Crippen LogP contribution >= 0.6 is 11.8 Å². The molecule has 0 spiro atoms. The van der Waals surface area contributed by atoms with Gasteiger partial charge in [-0.2, -0.15) is 5.10 Å². The van der Waals surface area contributed by atoms with Crippen molar-refractivity contribution >= 4 is 17.7 Å². The van der Waals surface area contributed by atoms with E-state index >= 15 is 0 Å². The van der Waals surface area contributed by atoms with Gasteiger partial charge < -0.3 is 9.88 Å². The maximum atomic E-state index is 13.8. The molecule has 1 aromatic carbocycles. The average Bonchev–Trinajstić information content (AvgIpc) is 2.97. The summed E-state index contributed by atoms with van der Waals surface area (Å²) in [5, 5.41) is 11.8. The van der Waals surface area contributed by atoms with Crippen LogP contribution in [-0.2, 0) is 7.05 Å². The second-order valence-electron chi connectivity index (χ2n) is 4.74. The highest BCUT2D eigenvalue weighted by molar-refractivity contribution is 7.99. The van der Waals surface area contributed by atoms with Crippen LogP contribution in [-0.4, -0.2) is 37.0 Å². The van der Waals surface area contributed by atoms with E-state index in [1.807, 2.05) is 17.8 Å². The highest BCUT2D eigenvalue weighted by Crippen LogP contribution is 2.20. The van der Waals surface area contributed by atoms with Crippen molar-refractivity contribution in [2.45, 2.75) is 5.16 Å². The normalized spacial score (nSPS) is 10.7. The Balaban J connectivity index is 1.60. The lowest BCUT2D eigenvalue weighted by Crippen LogP contribution is -2.09. The number of aromatic nitrogens is 5. The predicted octanol–water partition coefficient (Wildman–Crippen LogP) is 2.62. The van der Waals surface area contributed by atoms with E-state index in [-0.39, 0.29) is 5.82 Å². The number of hydrogen-bond donors (Lipinski definition) is 1. The van der Waals surface area contributed by atoms with E-state index in [2.05, 4.69) is 25.5 Å². The lowest BCUT2D eigenvalue weighted by atomic mass is 10.1. The molecule has 8 heteroatoms. The zero-order valence-corrected chi connectivity index (χ0v) is 13.3. The summed E-state index contributed by atoms with van der Waals surface area (Å²) < 4.78 is 15.7. The molecule has 3 aromatic rings. The van der Waals surface area contributed by atoms with Gasteiger partial charge in [0.15, 0.2) is 5.16 Å². The smallest absolute Gasteiger partial charge is 0.243 e. The SMILES string of the molecule is Cn1ccnc1SCCNc1nncc(-c2ccccc2F)n1. The Morgan fingerprint density at radius 3 is 2.96 bits per heavy atom. The molecule has 0 radical (unpaired) electrons. The van der Waals surface area contributed by atoms with Gasteiger partial charge in [-0.1, -0.05) is 23.9 Å². The van der Waals surface area contributed by atoms with Gasteiger partial charge in [-0.05, 0) is 12.1 Å². The van der Waals surface area contributed by atoms with Gasteiger partial charge >= 0.3 is 0 Å². The van der Waals surface area contributed by atoms with Gasteiger partial charge in [-0.3, -0.25) is 0 Å². The van der Waals surface area contributed by atoms with Crippen molar-refractivity contribution in [3.8, 4) is 11.3 Å². The third kappa shape index (κ3) is 3.84. The van der Waals surface area contributed by atoms with E-state index in [0.717, 1.165) is 10.9 Å². The fourth-order valence-electron chi connectivity index (χ4n) is 1.97. The van der Waals surface area contributed by atoms with Gasteiger partial charge in [-0.25, -0.2) is 14.4 Å². The van der Waals surface area contributed by atoms with Crippen LogP contribution in [0.5, 0.6) is 0 Å². The molecule has 0 unspecified atom stereocenters. The summed E-state index contributed by atoms with van der Waals surface area (Å²) in [7, 11) is 1.95. The van der Waals surface area contributed by atoms with Crippen molar-refractivity contribution in [3.05, 3.63) is 48.7 Å². The predicted molar refractivity (Wildman–Crippen MR) is 87.6 cm³/mol. The summed E-state index contributed by atoms with van der Waals surface area (Å²) in [6, 6.07) is 6.46. The molecule has 0 bridgehead atoms. The van der Waals surface area contributed by atoms with Gasteiger partial charge in [0.25, 0.3) is 0 Å². The number of nitrogens with one attached hydrogen (secondary N) is 1. The van der Waals surface area contributed by atoms with E-state index < -0.39 is 0 Å². The Bertz CT molecular complexity index is 791. The number of nitrogens with zero attached hydrogens (tertiary/aromatic N) is 5.